The molecule has 24 heavy (non-hydrogen) atoms. The normalized spacial score (nSPS) is 10.2. The number of benzene rings is 2. The minimum atomic E-state index is -0.915. The number of carbonyl (C=O) groups is 1. The van der Waals surface area contributed by atoms with Crippen molar-refractivity contribution in [1.82, 2.24) is 0 Å². The Kier molecular flexibility index (Phi) is 5.83. The molecule has 0 bridgehead atoms. The van der Waals surface area contributed by atoms with E-state index in [1.807, 2.05) is 24.3 Å². The molecule has 0 aliphatic carbocycles. The number of hydrogen-bond donors (Lipinski definition) is 2. The van der Waals surface area contributed by atoms with Gasteiger partial charge in [0.15, 0.2) is 0 Å². The van der Waals surface area contributed by atoms with Crippen molar-refractivity contribution in [3.05, 3.63) is 64.0 Å². The van der Waals surface area contributed by atoms with Gasteiger partial charge in [0.05, 0.1) is 11.5 Å². The molecule has 2 aromatic rings. The fourth-order valence-electron chi connectivity index (χ4n) is 2.19. The van der Waals surface area contributed by atoms with Crippen molar-refractivity contribution in [3.8, 4) is 0 Å². The molecule has 0 unspecified atom stereocenters. The molecule has 7 heteroatoms. The molecule has 2 rings (SSSR count). The zero-order valence-electron chi connectivity index (χ0n) is 13.2. The third-order valence-electron chi connectivity index (χ3n) is 3.37. The van der Waals surface area contributed by atoms with E-state index in [1.165, 1.54) is 11.6 Å². The van der Waals surface area contributed by atoms with Gasteiger partial charge < -0.3 is 10.6 Å². The maximum Gasteiger partial charge on any atom is 0.306 e. The summed E-state index contributed by atoms with van der Waals surface area (Å²) in [4.78, 5) is 21.8. The number of aryl methyl sites for hydroxylation is 1. The van der Waals surface area contributed by atoms with Crippen LogP contribution in [0.2, 0.25) is 0 Å². The predicted octanol–water partition coefficient (Wildman–Crippen LogP) is 3.74. The van der Waals surface area contributed by atoms with Crippen molar-refractivity contribution in [2.75, 3.05) is 17.2 Å². The summed E-state index contributed by atoms with van der Waals surface area (Å²) in [7, 11) is 0. The van der Waals surface area contributed by atoms with Crippen molar-refractivity contribution in [3.63, 3.8) is 0 Å². The van der Waals surface area contributed by atoms with E-state index in [0.29, 0.717) is 11.4 Å². The predicted molar refractivity (Wildman–Crippen MR) is 90.6 cm³/mol. The van der Waals surface area contributed by atoms with E-state index < -0.39 is 16.4 Å². The minimum absolute atomic E-state index is 0.0838. The van der Waals surface area contributed by atoms with Crippen LogP contribution < -0.4 is 10.6 Å². The SMILES string of the molecule is CCCc1ccc(NC(=O)CNc2ccc(F)c([N+](=O)[O-])c2)cc1. The first-order valence-corrected chi connectivity index (χ1v) is 7.56. The van der Waals surface area contributed by atoms with Crippen LogP contribution >= 0.6 is 0 Å². The van der Waals surface area contributed by atoms with Crippen LogP contribution in [0.4, 0.5) is 21.5 Å². The van der Waals surface area contributed by atoms with Crippen molar-refractivity contribution in [2.45, 2.75) is 19.8 Å². The zero-order chi connectivity index (χ0) is 17.5. The van der Waals surface area contributed by atoms with Crippen LogP contribution in [-0.2, 0) is 11.2 Å². The van der Waals surface area contributed by atoms with E-state index in [2.05, 4.69) is 17.6 Å². The van der Waals surface area contributed by atoms with E-state index in [1.54, 1.807) is 0 Å². The third-order valence-corrected chi connectivity index (χ3v) is 3.37. The summed E-state index contributed by atoms with van der Waals surface area (Å²) in [5, 5.41) is 16.1. The van der Waals surface area contributed by atoms with Crippen molar-refractivity contribution in [2.24, 2.45) is 0 Å². The minimum Gasteiger partial charge on any atom is -0.376 e. The maximum atomic E-state index is 13.2. The second-order valence-corrected chi connectivity index (χ2v) is 5.27. The lowest BCUT2D eigenvalue weighted by Crippen LogP contribution is -2.21. The average molecular weight is 331 g/mol. The number of amides is 1. The Labute approximate surface area is 138 Å². The molecule has 2 N–H and O–H groups in total. The first kappa shape index (κ1) is 17.4. The quantitative estimate of drug-likeness (QED) is 0.598. The molecule has 6 nitrogen and oxygen atoms in total. The van der Waals surface area contributed by atoms with Crippen LogP contribution in [0, 0.1) is 15.9 Å². The molecule has 1 amide bonds. The van der Waals surface area contributed by atoms with Gasteiger partial charge in [-0.15, -0.1) is 0 Å². The van der Waals surface area contributed by atoms with E-state index >= 15 is 0 Å². The highest BCUT2D eigenvalue weighted by Crippen LogP contribution is 2.21. The lowest BCUT2D eigenvalue weighted by atomic mass is 10.1. The molecule has 0 spiro atoms. The zero-order valence-corrected chi connectivity index (χ0v) is 13.2. The molecule has 0 aliphatic rings. The van der Waals surface area contributed by atoms with Gasteiger partial charge in [-0.25, -0.2) is 0 Å². The van der Waals surface area contributed by atoms with Gasteiger partial charge in [0.25, 0.3) is 0 Å². The van der Waals surface area contributed by atoms with Gasteiger partial charge in [-0.1, -0.05) is 25.5 Å². The highest BCUT2D eigenvalue weighted by molar-refractivity contribution is 5.93. The van der Waals surface area contributed by atoms with Gasteiger partial charge in [-0.3, -0.25) is 14.9 Å². The number of nitro groups is 1. The number of rotatable bonds is 7. The summed E-state index contributed by atoms with van der Waals surface area (Å²) in [5.74, 6) is -1.22. The fraction of sp³-hybridized carbons (Fsp3) is 0.235. The van der Waals surface area contributed by atoms with E-state index in [4.69, 9.17) is 0 Å². The molecule has 0 aliphatic heterocycles. The molecule has 0 atom stereocenters. The van der Waals surface area contributed by atoms with Gasteiger partial charge in [-0.2, -0.15) is 4.39 Å². The smallest absolute Gasteiger partial charge is 0.306 e. The number of carbonyl (C=O) groups excluding carboxylic acids is 1. The summed E-state index contributed by atoms with van der Waals surface area (Å²) in [6.45, 7) is 2.01. The topological polar surface area (TPSA) is 84.3 Å². The van der Waals surface area contributed by atoms with Crippen molar-refractivity contribution >= 4 is 23.0 Å². The second-order valence-electron chi connectivity index (χ2n) is 5.27. The Balaban J connectivity index is 1.91. The summed E-state index contributed by atoms with van der Waals surface area (Å²) >= 11 is 0. The van der Waals surface area contributed by atoms with Crippen LogP contribution in [0.1, 0.15) is 18.9 Å². The summed E-state index contributed by atoms with van der Waals surface area (Å²) in [5.41, 5.74) is 1.54. The largest absolute Gasteiger partial charge is 0.376 e. The highest BCUT2D eigenvalue weighted by Gasteiger charge is 2.14. The van der Waals surface area contributed by atoms with Gasteiger partial charge in [0.2, 0.25) is 11.7 Å². The first-order chi connectivity index (χ1) is 11.5. The molecule has 0 heterocycles. The Hall–Kier alpha value is -2.96. The van der Waals surface area contributed by atoms with Gasteiger partial charge >= 0.3 is 5.69 Å². The van der Waals surface area contributed by atoms with Crippen LogP contribution in [-0.4, -0.2) is 17.4 Å². The van der Waals surface area contributed by atoms with E-state index in [-0.39, 0.29) is 12.5 Å². The lowest BCUT2D eigenvalue weighted by molar-refractivity contribution is -0.387. The van der Waals surface area contributed by atoms with Gasteiger partial charge in [-0.05, 0) is 36.2 Å². The summed E-state index contributed by atoms with van der Waals surface area (Å²) in [6, 6.07) is 10.9. The fourth-order valence-corrected chi connectivity index (χ4v) is 2.19. The Bertz CT molecular complexity index is 732. The van der Waals surface area contributed by atoms with Gasteiger partial charge in [0, 0.05) is 17.4 Å². The molecule has 0 fully saturated rings. The first-order valence-electron chi connectivity index (χ1n) is 7.56. The summed E-state index contributed by atoms with van der Waals surface area (Å²) in [6.07, 6.45) is 2.04. The Morgan fingerprint density at radius 1 is 1.17 bits per heavy atom. The van der Waals surface area contributed by atoms with E-state index in [0.717, 1.165) is 25.0 Å². The lowest BCUT2D eigenvalue weighted by Gasteiger charge is -2.08. The number of nitro benzene ring substituents is 1. The molecule has 0 radical (unpaired) electrons. The number of anilines is 2. The molecule has 126 valence electrons. The second kappa shape index (κ2) is 8.05. The maximum absolute atomic E-state index is 13.2. The molecule has 0 aromatic heterocycles. The third kappa shape index (κ3) is 4.77. The molecular weight excluding hydrogens is 313 g/mol. The number of hydrogen-bond acceptors (Lipinski definition) is 4. The van der Waals surface area contributed by atoms with Crippen LogP contribution in [0.5, 0.6) is 0 Å². The molecule has 0 saturated heterocycles. The Morgan fingerprint density at radius 3 is 2.46 bits per heavy atom. The molecular formula is C17H18FN3O3. The Morgan fingerprint density at radius 2 is 1.83 bits per heavy atom. The number of nitrogens with zero attached hydrogens (tertiary/aromatic N) is 1. The number of halogens is 1. The molecule has 2 aromatic carbocycles. The van der Waals surface area contributed by atoms with Crippen molar-refractivity contribution < 1.29 is 14.1 Å². The monoisotopic (exact) mass is 331 g/mol. The van der Waals surface area contributed by atoms with Crippen LogP contribution in [0.15, 0.2) is 42.5 Å². The molecule has 0 saturated carbocycles. The van der Waals surface area contributed by atoms with Crippen LogP contribution in [0.3, 0.4) is 0 Å². The summed E-state index contributed by atoms with van der Waals surface area (Å²) < 4.78 is 13.2. The standard InChI is InChI=1S/C17H18FN3O3/c1-2-3-12-4-6-13(7-5-12)20-17(22)11-19-14-8-9-15(18)16(10-14)21(23)24/h4-10,19H,2-3,11H2,1H3,(H,20,22). The van der Waals surface area contributed by atoms with Crippen molar-refractivity contribution in [1.29, 1.82) is 0 Å². The van der Waals surface area contributed by atoms with Crippen LogP contribution in [0.25, 0.3) is 0 Å². The van der Waals surface area contributed by atoms with Gasteiger partial charge in [0.1, 0.15) is 0 Å². The van der Waals surface area contributed by atoms with E-state index in [9.17, 15) is 19.3 Å². The number of nitrogens with one attached hydrogen (secondary N) is 2. The average Bonchev–Trinajstić information content (AvgIpc) is 2.56. The highest BCUT2D eigenvalue weighted by atomic mass is 19.1.